The first-order valence-electron chi connectivity index (χ1n) is 9.44. The van der Waals surface area contributed by atoms with E-state index in [2.05, 4.69) is 20.5 Å². The molecule has 1 N–H and O–H groups in total. The quantitative estimate of drug-likeness (QED) is 0.279. The Hall–Kier alpha value is -3.07. The molecule has 162 valence electrons. The number of hydrogen-bond acceptors (Lipinski definition) is 6. The second kappa shape index (κ2) is 10.0. The van der Waals surface area contributed by atoms with E-state index >= 15 is 0 Å². The molecule has 2 aromatic heterocycles. The maximum atomic E-state index is 12.5. The number of pyridine rings is 1. The van der Waals surface area contributed by atoms with Gasteiger partial charge in [0.2, 0.25) is 5.91 Å². The van der Waals surface area contributed by atoms with E-state index in [-0.39, 0.29) is 16.8 Å². The minimum atomic E-state index is -0.241. The lowest BCUT2D eigenvalue weighted by molar-refractivity contribution is -0.113. The van der Waals surface area contributed by atoms with Gasteiger partial charge in [0.25, 0.3) is 0 Å². The van der Waals surface area contributed by atoms with Crippen molar-refractivity contribution in [2.75, 3.05) is 18.2 Å². The van der Waals surface area contributed by atoms with Gasteiger partial charge in [-0.25, -0.2) is 4.98 Å². The summed E-state index contributed by atoms with van der Waals surface area (Å²) in [6.07, 6.45) is 1.56. The lowest BCUT2D eigenvalue weighted by atomic mass is 10.2. The smallest absolute Gasteiger partial charge is 0.234 e. The molecule has 0 saturated carbocycles. The number of thioether (sulfide) groups is 1. The number of hydrogen-bond donors (Lipinski definition) is 1. The second-order valence-corrected chi connectivity index (χ2v) is 8.23. The molecule has 0 spiro atoms. The second-order valence-electron chi connectivity index (χ2n) is 6.50. The average Bonchev–Trinajstić information content (AvgIpc) is 3.23. The summed E-state index contributed by atoms with van der Waals surface area (Å²) in [5.74, 6) is 1.11. The minimum absolute atomic E-state index is 0.100. The number of carbonyl (C=O) groups is 1. The van der Waals surface area contributed by atoms with E-state index in [0.29, 0.717) is 27.4 Å². The first kappa shape index (κ1) is 22.1. The standard InChI is InChI=1S/C22H17Cl2N5O2S/c1-31-18-7-3-2-5-16(18)21-27-28-22(29(21)15-10-8-14(23)9-11-15)32-13-19(30)26-17-6-4-12-25-20(17)24/h2-12H,13H2,1H3,(H,26,30). The van der Waals surface area contributed by atoms with Crippen molar-refractivity contribution in [3.05, 3.63) is 77.0 Å². The molecule has 4 aromatic rings. The third-order valence-electron chi connectivity index (χ3n) is 4.43. The van der Waals surface area contributed by atoms with Gasteiger partial charge in [-0.05, 0) is 48.5 Å². The van der Waals surface area contributed by atoms with Crippen LogP contribution in [0, 0.1) is 0 Å². The van der Waals surface area contributed by atoms with Crippen LogP contribution < -0.4 is 10.1 Å². The number of para-hydroxylation sites is 1. The predicted octanol–water partition coefficient (Wildman–Crippen LogP) is 5.38. The van der Waals surface area contributed by atoms with Crippen LogP contribution in [0.5, 0.6) is 5.75 Å². The Balaban J connectivity index is 1.65. The highest BCUT2D eigenvalue weighted by Gasteiger charge is 2.20. The van der Waals surface area contributed by atoms with Crippen molar-refractivity contribution >= 4 is 46.6 Å². The maximum Gasteiger partial charge on any atom is 0.234 e. The number of anilines is 1. The fourth-order valence-corrected chi connectivity index (χ4v) is 4.03. The lowest BCUT2D eigenvalue weighted by Gasteiger charge is -2.12. The molecular weight excluding hydrogens is 469 g/mol. The van der Waals surface area contributed by atoms with Gasteiger partial charge >= 0.3 is 0 Å². The summed E-state index contributed by atoms with van der Waals surface area (Å²) in [7, 11) is 1.60. The van der Waals surface area contributed by atoms with Crippen LogP contribution in [0.15, 0.2) is 72.0 Å². The van der Waals surface area contributed by atoms with Crippen LogP contribution >= 0.6 is 35.0 Å². The van der Waals surface area contributed by atoms with Gasteiger partial charge in [-0.3, -0.25) is 9.36 Å². The van der Waals surface area contributed by atoms with Crippen molar-refractivity contribution in [3.8, 4) is 22.8 Å². The first-order chi connectivity index (χ1) is 15.6. The van der Waals surface area contributed by atoms with Crippen LogP contribution in [0.25, 0.3) is 17.1 Å². The number of amides is 1. The fraction of sp³-hybridized carbons (Fsp3) is 0.0909. The number of ether oxygens (including phenoxy) is 1. The summed E-state index contributed by atoms with van der Waals surface area (Å²) in [4.78, 5) is 16.5. The molecule has 0 unspecified atom stereocenters. The third kappa shape index (κ3) is 4.88. The number of benzene rings is 2. The topological polar surface area (TPSA) is 81.9 Å². The van der Waals surface area contributed by atoms with Gasteiger partial charge < -0.3 is 10.1 Å². The van der Waals surface area contributed by atoms with Gasteiger partial charge in [-0.15, -0.1) is 10.2 Å². The van der Waals surface area contributed by atoms with Crippen LogP contribution in [-0.4, -0.2) is 38.5 Å². The molecule has 1 amide bonds. The van der Waals surface area contributed by atoms with E-state index in [1.807, 2.05) is 41.0 Å². The molecule has 2 aromatic carbocycles. The average molecular weight is 486 g/mol. The summed E-state index contributed by atoms with van der Waals surface area (Å²) in [6.45, 7) is 0. The zero-order chi connectivity index (χ0) is 22.5. The maximum absolute atomic E-state index is 12.5. The number of halogens is 2. The summed E-state index contributed by atoms with van der Waals surface area (Å²) in [6, 6.07) is 18.2. The van der Waals surface area contributed by atoms with Gasteiger partial charge in [0, 0.05) is 16.9 Å². The summed E-state index contributed by atoms with van der Waals surface area (Å²) in [5, 5.41) is 12.9. The predicted molar refractivity (Wildman–Crippen MR) is 127 cm³/mol. The van der Waals surface area contributed by atoms with E-state index in [9.17, 15) is 4.79 Å². The number of nitrogens with zero attached hydrogens (tertiary/aromatic N) is 4. The molecular formula is C22H17Cl2N5O2S. The number of aromatic nitrogens is 4. The molecule has 0 saturated heterocycles. The molecule has 2 heterocycles. The highest BCUT2D eigenvalue weighted by atomic mass is 35.5. The summed E-state index contributed by atoms with van der Waals surface area (Å²) < 4.78 is 7.37. The Labute approximate surface area is 198 Å². The molecule has 7 nitrogen and oxygen atoms in total. The van der Waals surface area contributed by atoms with Crippen LogP contribution in [0.1, 0.15) is 0 Å². The van der Waals surface area contributed by atoms with Gasteiger partial charge in [-0.1, -0.05) is 47.1 Å². The molecule has 0 aliphatic rings. The normalized spacial score (nSPS) is 10.7. The Morgan fingerprint density at radius 1 is 1.06 bits per heavy atom. The molecule has 0 radical (unpaired) electrons. The lowest BCUT2D eigenvalue weighted by Crippen LogP contribution is -2.15. The molecule has 0 atom stereocenters. The SMILES string of the molecule is COc1ccccc1-c1nnc(SCC(=O)Nc2cccnc2Cl)n1-c1ccc(Cl)cc1. The van der Waals surface area contributed by atoms with Crippen molar-refractivity contribution in [1.82, 2.24) is 19.7 Å². The molecule has 4 rings (SSSR count). The Bertz CT molecular complexity index is 1250. The Kier molecular flexibility index (Phi) is 6.94. The molecule has 0 aliphatic carbocycles. The van der Waals surface area contributed by atoms with Crippen LogP contribution in [0.4, 0.5) is 5.69 Å². The van der Waals surface area contributed by atoms with E-state index in [4.69, 9.17) is 27.9 Å². The molecule has 10 heteroatoms. The molecule has 32 heavy (non-hydrogen) atoms. The summed E-state index contributed by atoms with van der Waals surface area (Å²) in [5.41, 5.74) is 2.03. The molecule has 0 fully saturated rings. The van der Waals surface area contributed by atoms with Crippen LogP contribution in [0.2, 0.25) is 10.2 Å². The van der Waals surface area contributed by atoms with Gasteiger partial charge in [0.15, 0.2) is 16.1 Å². The monoisotopic (exact) mass is 485 g/mol. The molecule has 0 bridgehead atoms. The Morgan fingerprint density at radius 3 is 2.59 bits per heavy atom. The zero-order valence-corrected chi connectivity index (χ0v) is 19.2. The van der Waals surface area contributed by atoms with E-state index in [0.717, 1.165) is 11.3 Å². The minimum Gasteiger partial charge on any atom is -0.496 e. The van der Waals surface area contributed by atoms with Gasteiger partial charge in [0.1, 0.15) is 5.75 Å². The number of rotatable bonds is 7. The largest absolute Gasteiger partial charge is 0.496 e. The Morgan fingerprint density at radius 2 is 1.84 bits per heavy atom. The number of carbonyl (C=O) groups excluding carboxylic acids is 1. The van der Waals surface area contributed by atoms with E-state index in [1.165, 1.54) is 11.8 Å². The summed E-state index contributed by atoms with van der Waals surface area (Å²) >= 11 is 13.3. The van der Waals surface area contributed by atoms with Crippen molar-refractivity contribution in [2.24, 2.45) is 0 Å². The first-order valence-corrected chi connectivity index (χ1v) is 11.2. The third-order valence-corrected chi connectivity index (χ3v) is 5.91. The molecule has 0 aliphatic heterocycles. The highest BCUT2D eigenvalue weighted by molar-refractivity contribution is 7.99. The van der Waals surface area contributed by atoms with Crippen molar-refractivity contribution in [3.63, 3.8) is 0 Å². The van der Waals surface area contributed by atoms with Crippen molar-refractivity contribution in [2.45, 2.75) is 5.16 Å². The fourth-order valence-electron chi connectivity index (χ4n) is 2.99. The van der Waals surface area contributed by atoms with Gasteiger partial charge in [0.05, 0.1) is 24.1 Å². The van der Waals surface area contributed by atoms with E-state index in [1.54, 1.807) is 37.6 Å². The van der Waals surface area contributed by atoms with Crippen molar-refractivity contribution in [1.29, 1.82) is 0 Å². The van der Waals surface area contributed by atoms with Crippen LogP contribution in [0.3, 0.4) is 0 Å². The number of nitrogens with one attached hydrogen (secondary N) is 1. The zero-order valence-electron chi connectivity index (χ0n) is 16.8. The highest BCUT2D eigenvalue weighted by Crippen LogP contribution is 2.33. The number of methoxy groups -OCH3 is 1. The van der Waals surface area contributed by atoms with Crippen molar-refractivity contribution < 1.29 is 9.53 Å². The van der Waals surface area contributed by atoms with Crippen LogP contribution in [-0.2, 0) is 4.79 Å². The van der Waals surface area contributed by atoms with E-state index < -0.39 is 0 Å². The van der Waals surface area contributed by atoms with Gasteiger partial charge in [-0.2, -0.15) is 0 Å².